The summed E-state index contributed by atoms with van der Waals surface area (Å²) in [5, 5.41) is 42.3. The number of rotatable bonds is 17. The highest BCUT2D eigenvalue weighted by Crippen LogP contribution is 2.27. The summed E-state index contributed by atoms with van der Waals surface area (Å²) in [6.07, 6.45) is -5.79. The van der Waals surface area contributed by atoms with Gasteiger partial charge in [-0.2, -0.15) is 0 Å². The van der Waals surface area contributed by atoms with E-state index in [0.29, 0.717) is 24.2 Å². The molecule has 3 heterocycles. The van der Waals surface area contributed by atoms with Gasteiger partial charge < -0.3 is 60.2 Å². The van der Waals surface area contributed by atoms with Crippen molar-refractivity contribution < 1.29 is 77.5 Å². The van der Waals surface area contributed by atoms with Crippen LogP contribution >= 0.6 is 0 Å². The maximum atomic E-state index is 15.0. The Labute approximate surface area is 470 Å². The van der Waals surface area contributed by atoms with Crippen LogP contribution in [0.2, 0.25) is 0 Å². The lowest BCUT2D eigenvalue weighted by molar-refractivity contribution is -0.163. The first-order valence-corrected chi connectivity index (χ1v) is 28.1. The molecule has 3 fully saturated rings. The number of esters is 2. The molecule has 0 bridgehead atoms. The van der Waals surface area contributed by atoms with Crippen LogP contribution in [0.5, 0.6) is 5.75 Å². The number of aliphatic hydroxyl groups is 3. The summed E-state index contributed by atoms with van der Waals surface area (Å²) in [7, 11) is 4.26. The van der Waals surface area contributed by atoms with E-state index in [9.17, 15) is 63.3 Å². The Morgan fingerprint density at radius 1 is 0.875 bits per heavy atom. The van der Waals surface area contributed by atoms with Gasteiger partial charge >= 0.3 is 11.9 Å². The van der Waals surface area contributed by atoms with Crippen molar-refractivity contribution in [3.05, 3.63) is 29.8 Å². The minimum Gasteiger partial charge on any atom is -0.497 e. The van der Waals surface area contributed by atoms with Crippen molar-refractivity contribution in [2.45, 2.75) is 200 Å². The highest BCUT2D eigenvalue weighted by atomic mass is 16.6. The fourth-order valence-corrected chi connectivity index (χ4v) is 10.5. The molecule has 0 aliphatic carbocycles. The molecule has 0 radical (unpaired) electrons. The summed E-state index contributed by atoms with van der Waals surface area (Å²) < 4.78 is 17.2. The molecule has 0 saturated carbocycles. The number of amides is 6. The number of cyclic esters (lactones) is 2. The van der Waals surface area contributed by atoms with Crippen LogP contribution in [0.3, 0.4) is 0 Å². The minimum atomic E-state index is -1.78. The van der Waals surface area contributed by atoms with Gasteiger partial charge in [-0.05, 0) is 93.7 Å². The van der Waals surface area contributed by atoms with Gasteiger partial charge in [-0.3, -0.25) is 48.5 Å². The first-order chi connectivity index (χ1) is 37.6. The number of nitrogens with one attached hydrogen (secondary N) is 4. The van der Waals surface area contributed by atoms with E-state index in [4.69, 9.17) is 14.2 Å². The number of carbonyl (C=O) groups excluding carboxylic acids is 10. The van der Waals surface area contributed by atoms with Gasteiger partial charge in [0.2, 0.25) is 35.4 Å². The summed E-state index contributed by atoms with van der Waals surface area (Å²) in [5.41, 5.74) is 0.563. The monoisotopic (exact) mass is 1130 g/mol. The Kier molecular flexibility index (Phi) is 25.0. The van der Waals surface area contributed by atoms with Gasteiger partial charge in [0, 0.05) is 27.1 Å². The van der Waals surface area contributed by atoms with Crippen LogP contribution in [0.15, 0.2) is 24.3 Å². The lowest BCUT2D eigenvalue weighted by Gasteiger charge is -2.36. The molecule has 0 spiro atoms. The van der Waals surface area contributed by atoms with Crippen LogP contribution in [-0.4, -0.2) is 196 Å². The average Bonchev–Trinajstić information content (AvgIpc) is 4.13. The molecule has 3 aliphatic heterocycles. The third kappa shape index (κ3) is 17.2. The quantitative estimate of drug-likeness (QED) is 0.0845. The Morgan fingerprint density at radius 2 is 1.51 bits per heavy atom. The number of benzene rings is 1. The molecule has 3 aliphatic rings. The number of hydrogen-bond acceptors (Lipinski definition) is 17. The first kappa shape index (κ1) is 66.5. The van der Waals surface area contributed by atoms with Gasteiger partial charge in [-0.15, -0.1) is 0 Å². The zero-order chi connectivity index (χ0) is 60.0. The largest absolute Gasteiger partial charge is 0.497 e. The van der Waals surface area contributed by atoms with Crippen molar-refractivity contribution in [2.24, 2.45) is 29.6 Å². The van der Waals surface area contributed by atoms with Crippen molar-refractivity contribution in [1.82, 2.24) is 36.0 Å². The Bertz CT molecular complexity index is 2350. The molecule has 0 aromatic heterocycles. The summed E-state index contributed by atoms with van der Waals surface area (Å²) >= 11 is 0. The summed E-state index contributed by atoms with van der Waals surface area (Å²) in [4.78, 5) is 147. The number of hydrogen-bond donors (Lipinski definition) is 7. The van der Waals surface area contributed by atoms with Crippen molar-refractivity contribution in [3.8, 4) is 5.75 Å². The fourth-order valence-electron chi connectivity index (χ4n) is 10.5. The first-order valence-electron chi connectivity index (χ1n) is 28.1. The van der Waals surface area contributed by atoms with Crippen LogP contribution < -0.4 is 26.0 Å². The lowest BCUT2D eigenvalue weighted by Crippen LogP contribution is -2.62. The van der Waals surface area contributed by atoms with Gasteiger partial charge in [0.1, 0.15) is 48.2 Å². The predicted octanol–water partition coefficient (Wildman–Crippen LogP) is 0.988. The lowest BCUT2D eigenvalue weighted by atomic mass is 9.91. The molecule has 3 saturated heterocycles. The van der Waals surface area contributed by atoms with E-state index in [1.54, 1.807) is 52.0 Å². The van der Waals surface area contributed by atoms with Crippen molar-refractivity contribution in [1.29, 1.82) is 0 Å². The molecule has 7 N–H and O–H groups in total. The molecule has 6 amide bonds. The molecular weight excluding hydrogens is 1040 g/mol. The second-order valence-corrected chi connectivity index (χ2v) is 23.0. The predicted molar refractivity (Wildman–Crippen MR) is 292 cm³/mol. The second kappa shape index (κ2) is 30.1. The molecule has 2 unspecified atom stereocenters. The molecule has 80 heavy (non-hydrogen) atoms. The van der Waals surface area contributed by atoms with Crippen LogP contribution in [0.25, 0.3) is 0 Å². The van der Waals surface area contributed by atoms with E-state index in [1.807, 2.05) is 27.7 Å². The zero-order valence-corrected chi connectivity index (χ0v) is 48.9. The van der Waals surface area contributed by atoms with E-state index in [-0.39, 0.29) is 56.9 Å². The molecule has 1 aromatic carbocycles. The van der Waals surface area contributed by atoms with Crippen LogP contribution in [0.4, 0.5) is 0 Å². The Morgan fingerprint density at radius 3 is 2.09 bits per heavy atom. The summed E-state index contributed by atoms with van der Waals surface area (Å²) in [5.74, 6) is -10.4. The summed E-state index contributed by atoms with van der Waals surface area (Å²) in [6.45, 7) is 16.0. The Hall–Kier alpha value is -6.04. The number of aliphatic hydroxyl groups excluding tert-OH is 3. The summed E-state index contributed by atoms with van der Waals surface area (Å²) in [6, 6.07) is -3.19. The van der Waals surface area contributed by atoms with Gasteiger partial charge in [-0.25, -0.2) is 4.79 Å². The Balaban J connectivity index is 1.87. The molecule has 14 atom stereocenters. The van der Waals surface area contributed by atoms with E-state index >= 15 is 0 Å². The maximum absolute atomic E-state index is 15.0. The molecule has 23 nitrogen and oxygen atoms in total. The smallest absolute Gasteiger partial charge is 0.329 e. The van der Waals surface area contributed by atoms with E-state index in [1.165, 1.54) is 49.8 Å². The number of methoxy groups -OCH3 is 1. The van der Waals surface area contributed by atoms with Crippen molar-refractivity contribution in [3.63, 3.8) is 0 Å². The topological polar surface area (TPSA) is 317 Å². The minimum absolute atomic E-state index is 0.0594. The standard InChI is InChI=1S/C57H89N7O16/c1-14-32(8)46-43(66)27-45(68)80-50(31(6)7)48(69)33(9)51(71)59-39(24-29(2)3)55(75)64-23-15-16-40(64)56(76)63(12)42(26-35-17-19-36(78-13)20-18-35)57(77)79-34(10)47(53(73)60-46)61-52(72)41(25-30(4)5)62(11)54(74)38-22-21-37(58-38)49(70)44(67)28-65/h17-20,29-34,37-44,46-47,50,58,65-67H,14-16,21-28H2,1-13H3,(H,59,71)(H,60,73)(H,61,72)/t32-,33-,34-,37?,38-,39+,40-,41+,42-,43+,44?,46+,47-,50+/m0/s1. The number of Topliss-reactive ketones (excluding diaryl/α,β-unsaturated/α-hetero) is 2. The fraction of sp³-hybridized carbons (Fsp3) is 0.719. The number of ether oxygens (including phenoxy) is 3. The number of fused-ring (bicyclic) bond motifs is 1. The highest BCUT2D eigenvalue weighted by molar-refractivity contribution is 6.05. The number of likely N-dealkylation sites (N-methyl/N-ethyl adjacent to an activating group) is 2. The van der Waals surface area contributed by atoms with Crippen LogP contribution in [0.1, 0.15) is 126 Å². The van der Waals surface area contributed by atoms with Crippen LogP contribution in [0, 0.1) is 29.6 Å². The van der Waals surface area contributed by atoms with Crippen molar-refractivity contribution >= 4 is 58.9 Å². The number of carbonyl (C=O) groups is 10. The SMILES string of the molecule is CC[C@H](C)[C@H]1NC(=O)[C@@H](NC(=O)[C@@H](CC(C)C)N(C)C(=O)[C@@H]2CCC(C(=O)C(O)CO)N2)[C@H](C)OC(=O)[C@H](Cc2ccc(OC)cc2)N(C)C(=O)[C@@H]2CCCN2C(=O)[C@@H](CC(C)C)NC(=O)[C@@H](C)C(=O)[C@@H](C(C)C)OC(=O)C[C@H]1O. The molecule has 4 rings (SSSR count). The highest BCUT2D eigenvalue weighted by Gasteiger charge is 2.46. The average molecular weight is 1130 g/mol. The molecule has 448 valence electrons. The third-order valence-electron chi connectivity index (χ3n) is 15.6. The molecule has 23 heteroatoms. The van der Waals surface area contributed by atoms with E-state index in [2.05, 4.69) is 21.3 Å². The molecule has 1 aromatic rings. The van der Waals surface area contributed by atoms with Gasteiger partial charge in [0.15, 0.2) is 17.7 Å². The van der Waals surface area contributed by atoms with Gasteiger partial charge in [0.05, 0.1) is 50.3 Å². The van der Waals surface area contributed by atoms with Gasteiger partial charge in [0.25, 0.3) is 0 Å². The number of nitrogens with zero attached hydrogens (tertiary/aromatic N) is 3. The third-order valence-corrected chi connectivity index (χ3v) is 15.6. The second-order valence-electron chi connectivity index (χ2n) is 23.0. The van der Waals surface area contributed by atoms with E-state index < -0.39 is 162 Å². The maximum Gasteiger partial charge on any atom is 0.329 e. The van der Waals surface area contributed by atoms with E-state index in [0.717, 1.165) is 0 Å². The number of ketones is 2. The molecular formula is C57H89N7O16. The van der Waals surface area contributed by atoms with Crippen LogP contribution in [-0.2, 0) is 63.8 Å². The normalized spacial score (nSPS) is 28.4. The van der Waals surface area contributed by atoms with Crippen molar-refractivity contribution in [2.75, 3.05) is 34.4 Å². The zero-order valence-electron chi connectivity index (χ0n) is 48.9. The van der Waals surface area contributed by atoms with Gasteiger partial charge in [-0.1, -0.05) is 73.9 Å².